The number of hydrogen-bond donors (Lipinski definition) is 2. The van der Waals surface area contributed by atoms with Crippen molar-refractivity contribution in [1.29, 1.82) is 0 Å². The van der Waals surface area contributed by atoms with Crippen LogP contribution in [0.3, 0.4) is 0 Å². The predicted molar refractivity (Wildman–Crippen MR) is 74.5 cm³/mol. The summed E-state index contributed by atoms with van der Waals surface area (Å²) in [5.74, 6) is 1.32. The van der Waals surface area contributed by atoms with Gasteiger partial charge in [-0.1, -0.05) is 0 Å². The Bertz CT molecular complexity index is 679. The van der Waals surface area contributed by atoms with E-state index in [9.17, 15) is 4.79 Å². The molecule has 2 aromatic rings. The van der Waals surface area contributed by atoms with E-state index in [2.05, 4.69) is 15.6 Å². The Kier molecular flexibility index (Phi) is 2.57. The Morgan fingerprint density at radius 2 is 2.35 bits per heavy atom. The number of nitrogens with one attached hydrogen (secondary N) is 2. The average molecular weight is 271 g/mol. The van der Waals surface area contributed by atoms with Crippen LogP contribution in [0.15, 0.2) is 22.7 Å². The first-order chi connectivity index (χ1) is 9.69. The molecule has 1 saturated heterocycles. The summed E-state index contributed by atoms with van der Waals surface area (Å²) < 4.78 is 5.47. The van der Waals surface area contributed by atoms with Crippen molar-refractivity contribution in [3.8, 4) is 0 Å². The molecule has 2 bridgehead atoms. The number of fused-ring (bicyclic) bond motifs is 3. The topological polar surface area (TPSA) is 67.2 Å². The van der Waals surface area contributed by atoms with Crippen molar-refractivity contribution in [3.05, 3.63) is 29.8 Å². The van der Waals surface area contributed by atoms with E-state index in [-0.39, 0.29) is 11.9 Å². The van der Waals surface area contributed by atoms with Crippen molar-refractivity contribution in [2.45, 2.75) is 31.8 Å². The number of carbonyl (C=O) groups is 1. The van der Waals surface area contributed by atoms with Crippen molar-refractivity contribution in [1.82, 2.24) is 15.6 Å². The number of piperidine rings is 1. The van der Waals surface area contributed by atoms with Crippen LogP contribution >= 0.6 is 0 Å². The monoisotopic (exact) mass is 271 g/mol. The molecule has 3 atom stereocenters. The molecule has 1 saturated carbocycles. The van der Waals surface area contributed by atoms with Crippen molar-refractivity contribution in [3.63, 3.8) is 0 Å². The Morgan fingerprint density at radius 3 is 3.10 bits per heavy atom. The van der Waals surface area contributed by atoms with Crippen LogP contribution in [0, 0.1) is 12.8 Å². The van der Waals surface area contributed by atoms with Gasteiger partial charge in [0, 0.05) is 24.0 Å². The van der Waals surface area contributed by atoms with E-state index in [0.29, 0.717) is 17.7 Å². The molecule has 20 heavy (non-hydrogen) atoms. The summed E-state index contributed by atoms with van der Waals surface area (Å²) in [4.78, 5) is 16.5. The summed E-state index contributed by atoms with van der Waals surface area (Å²) in [5, 5.41) is 7.50. The van der Waals surface area contributed by atoms with Gasteiger partial charge in [-0.05, 0) is 37.8 Å². The van der Waals surface area contributed by atoms with Crippen molar-refractivity contribution >= 4 is 16.9 Å². The number of aryl methyl sites for hydroxylation is 1. The third-order valence-electron chi connectivity index (χ3n) is 4.44. The highest BCUT2D eigenvalue weighted by molar-refractivity contribution is 5.95. The smallest absolute Gasteiger partial charge is 0.270 e. The summed E-state index contributed by atoms with van der Waals surface area (Å²) >= 11 is 0. The second kappa shape index (κ2) is 4.31. The summed E-state index contributed by atoms with van der Waals surface area (Å²) in [7, 11) is 0. The Morgan fingerprint density at radius 1 is 1.45 bits per heavy atom. The van der Waals surface area contributed by atoms with E-state index in [1.807, 2.05) is 13.0 Å². The van der Waals surface area contributed by atoms with Gasteiger partial charge in [-0.15, -0.1) is 0 Å². The first kappa shape index (κ1) is 11.9. The molecule has 0 aromatic carbocycles. The van der Waals surface area contributed by atoms with E-state index in [1.54, 1.807) is 12.3 Å². The normalized spacial score (nSPS) is 28.1. The molecule has 3 unspecified atom stereocenters. The highest BCUT2D eigenvalue weighted by Crippen LogP contribution is 2.31. The number of pyridine rings is 1. The number of rotatable bonds is 2. The summed E-state index contributed by atoms with van der Waals surface area (Å²) in [6, 6.07) is 4.59. The molecule has 2 fully saturated rings. The molecule has 5 nitrogen and oxygen atoms in total. The standard InChI is InChI=1S/C15H17N3O2/c1-8-2-9-4-13(17-7-14(9)20-8)15(19)18-12-5-11-3-10(12)6-16-11/h2,4,7,10-12,16H,3,5-6H2,1H3,(H,18,19). The lowest BCUT2D eigenvalue weighted by molar-refractivity contribution is 0.0920. The maximum Gasteiger partial charge on any atom is 0.270 e. The summed E-state index contributed by atoms with van der Waals surface area (Å²) in [6.07, 6.45) is 3.83. The molecule has 4 rings (SSSR count). The summed E-state index contributed by atoms with van der Waals surface area (Å²) in [6.45, 7) is 2.91. The van der Waals surface area contributed by atoms with Gasteiger partial charge in [0.2, 0.25) is 0 Å². The molecular weight excluding hydrogens is 254 g/mol. The van der Waals surface area contributed by atoms with Crippen LogP contribution in [0.5, 0.6) is 0 Å². The highest BCUT2D eigenvalue weighted by Gasteiger charge is 2.40. The van der Waals surface area contributed by atoms with E-state index >= 15 is 0 Å². The van der Waals surface area contributed by atoms with E-state index in [0.717, 1.165) is 29.7 Å². The number of furan rings is 1. The highest BCUT2D eigenvalue weighted by atomic mass is 16.3. The van der Waals surface area contributed by atoms with E-state index in [4.69, 9.17) is 4.42 Å². The van der Waals surface area contributed by atoms with Gasteiger partial charge in [-0.25, -0.2) is 4.98 Å². The molecular formula is C15H17N3O2. The number of amides is 1. The number of nitrogens with zero attached hydrogens (tertiary/aromatic N) is 1. The zero-order valence-corrected chi connectivity index (χ0v) is 11.3. The Labute approximate surface area is 116 Å². The maximum atomic E-state index is 12.3. The van der Waals surface area contributed by atoms with Crippen LogP contribution in [0.2, 0.25) is 0 Å². The van der Waals surface area contributed by atoms with Gasteiger partial charge >= 0.3 is 0 Å². The zero-order chi connectivity index (χ0) is 13.7. The summed E-state index contributed by atoms with van der Waals surface area (Å²) in [5.41, 5.74) is 1.19. The van der Waals surface area contributed by atoms with Gasteiger partial charge in [0.25, 0.3) is 5.91 Å². The van der Waals surface area contributed by atoms with E-state index < -0.39 is 0 Å². The molecule has 1 amide bonds. The fourth-order valence-electron chi connectivity index (χ4n) is 3.46. The second-order valence-corrected chi connectivity index (χ2v) is 5.88. The van der Waals surface area contributed by atoms with Crippen LogP contribution in [-0.2, 0) is 0 Å². The minimum atomic E-state index is -0.0803. The van der Waals surface area contributed by atoms with E-state index in [1.165, 1.54) is 6.42 Å². The molecule has 1 aliphatic carbocycles. The van der Waals surface area contributed by atoms with Gasteiger partial charge in [-0.3, -0.25) is 4.79 Å². The third-order valence-corrected chi connectivity index (χ3v) is 4.44. The predicted octanol–water partition coefficient (Wildman–Crippen LogP) is 1.62. The van der Waals surface area contributed by atoms with Crippen LogP contribution in [0.4, 0.5) is 0 Å². The van der Waals surface area contributed by atoms with Crippen LogP contribution in [0.25, 0.3) is 11.0 Å². The van der Waals surface area contributed by atoms with Crippen molar-refractivity contribution in [2.24, 2.45) is 5.92 Å². The van der Waals surface area contributed by atoms with Crippen LogP contribution in [0.1, 0.15) is 29.1 Å². The molecule has 1 aliphatic heterocycles. The second-order valence-electron chi connectivity index (χ2n) is 5.88. The molecule has 2 N–H and O–H groups in total. The minimum Gasteiger partial charge on any atom is -0.460 e. The molecule has 5 heteroatoms. The lowest BCUT2D eigenvalue weighted by Crippen LogP contribution is -2.44. The molecule has 3 heterocycles. The Balaban J connectivity index is 1.54. The number of aromatic nitrogens is 1. The lowest BCUT2D eigenvalue weighted by Gasteiger charge is -2.23. The average Bonchev–Trinajstić information content (AvgIpc) is 3.10. The quantitative estimate of drug-likeness (QED) is 0.871. The Hall–Kier alpha value is -1.88. The van der Waals surface area contributed by atoms with Crippen LogP contribution < -0.4 is 10.6 Å². The number of hydrogen-bond acceptors (Lipinski definition) is 4. The first-order valence-corrected chi connectivity index (χ1v) is 7.09. The minimum absolute atomic E-state index is 0.0803. The SMILES string of the molecule is Cc1cc2cc(C(=O)NC3CC4CC3CN4)ncc2o1. The molecule has 0 radical (unpaired) electrons. The van der Waals surface area contributed by atoms with Gasteiger partial charge in [-0.2, -0.15) is 0 Å². The molecule has 0 spiro atoms. The van der Waals surface area contributed by atoms with Crippen LogP contribution in [-0.4, -0.2) is 29.5 Å². The third kappa shape index (κ3) is 1.89. The molecule has 104 valence electrons. The first-order valence-electron chi connectivity index (χ1n) is 7.09. The van der Waals surface area contributed by atoms with Crippen molar-refractivity contribution < 1.29 is 9.21 Å². The van der Waals surface area contributed by atoms with Gasteiger partial charge in [0.05, 0.1) is 6.20 Å². The fraction of sp³-hybridized carbons (Fsp3) is 0.467. The van der Waals surface area contributed by atoms with Gasteiger partial charge in [0.15, 0.2) is 5.58 Å². The lowest BCUT2D eigenvalue weighted by atomic mass is 10.0. The van der Waals surface area contributed by atoms with Gasteiger partial charge in [0.1, 0.15) is 11.5 Å². The zero-order valence-electron chi connectivity index (χ0n) is 11.3. The largest absolute Gasteiger partial charge is 0.460 e. The number of carbonyl (C=O) groups excluding carboxylic acids is 1. The van der Waals surface area contributed by atoms with Crippen molar-refractivity contribution in [2.75, 3.05) is 6.54 Å². The van der Waals surface area contributed by atoms with Gasteiger partial charge < -0.3 is 15.1 Å². The fourth-order valence-corrected chi connectivity index (χ4v) is 3.46. The molecule has 2 aliphatic rings. The molecule has 2 aromatic heterocycles. The maximum absolute atomic E-state index is 12.3.